The summed E-state index contributed by atoms with van der Waals surface area (Å²) in [5.41, 5.74) is 2.99. The van der Waals surface area contributed by atoms with E-state index in [0.717, 1.165) is 30.8 Å². The number of nitrogens with zero attached hydrogens (tertiary/aromatic N) is 4. The minimum Gasteiger partial charge on any atom is -0.342 e. The molecule has 3 aromatic rings. The number of pyridine rings is 1. The first-order chi connectivity index (χ1) is 13.7. The number of hydrogen-bond donors (Lipinski definition) is 0. The molecule has 3 heterocycles. The minimum absolute atomic E-state index is 0.0691. The van der Waals surface area contributed by atoms with Gasteiger partial charge in [-0.15, -0.1) is 0 Å². The third kappa shape index (κ3) is 4.06. The van der Waals surface area contributed by atoms with Crippen molar-refractivity contribution in [3.8, 4) is 11.3 Å². The van der Waals surface area contributed by atoms with Gasteiger partial charge >= 0.3 is 0 Å². The highest BCUT2D eigenvalue weighted by atomic mass is 19.1. The zero-order valence-corrected chi connectivity index (χ0v) is 15.5. The van der Waals surface area contributed by atoms with Crippen LogP contribution in [0.25, 0.3) is 11.3 Å². The van der Waals surface area contributed by atoms with E-state index in [4.69, 9.17) is 0 Å². The highest BCUT2D eigenvalue weighted by molar-refractivity contribution is 5.78. The second kappa shape index (κ2) is 8.25. The molecular weight excluding hydrogens is 355 g/mol. The van der Waals surface area contributed by atoms with Gasteiger partial charge in [-0.3, -0.25) is 19.7 Å². The van der Waals surface area contributed by atoms with Gasteiger partial charge in [-0.25, -0.2) is 4.39 Å². The number of halogens is 1. The fourth-order valence-electron chi connectivity index (χ4n) is 3.70. The molecular formula is C22H21FN4O. The maximum atomic E-state index is 13.7. The summed E-state index contributed by atoms with van der Waals surface area (Å²) in [5, 5.41) is 0. The Morgan fingerprint density at radius 2 is 1.96 bits per heavy atom. The molecule has 0 bridgehead atoms. The Bertz CT molecular complexity index is 964. The molecule has 0 N–H and O–H groups in total. The Hall–Kier alpha value is -3.15. The van der Waals surface area contributed by atoms with Crippen LogP contribution < -0.4 is 0 Å². The maximum Gasteiger partial charge on any atom is 0.228 e. The number of aromatic nitrogens is 3. The third-order valence-electron chi connectivity index (χ3n) is 5.04. The van der Waals surface area contributed by atoms with E-state index in [2.05, 4.69) is 15.0 Å². The molecule has 1 aromatic carbocycles. The summed E-state index contributed by atoms with van der Waals surface area (Å²) >= 11 is 0. The lowest BCUT2D eigenvalue weighted by Crippen LogP contribution is -2.40. The van der Waals surface area contributed by atoms with Crippen LogP contribution in [0.4, 0.5) is 4.39 Å². The summed E-state index contributed by atoms with van der Waals surface area (Å²) in [5.74, 6) is -0.155. The van der Waals surface area contributed by atoms with E-state index in [1.165, 1.54) is 12.1 Å². The van der Waals surface area contributed by atoms with Crippen LogP contribution >= 0.6 is 0 Å². The zero-order chi connectivity index (χ0) is 19.3. The Morgan fingerprint density at radius 3 is 2.79 bits per heavy atom. The summed E-state index contributed by atoms with van der Waals surface area (Å²) < 4.78 is 13.7. The van der Waals surface area contributed by atoms with E-state index in [9.17, 15) is 9.18 Å². The van der Waals surface area contributed by atoms with Gasteiger partial charge in [-0.2, -0.15) is 0 Å². The molecule has 1 unspecified atom stereocenters. The predicted octanol–water partition coefficient (Wildman–Crippen LogP) is 3.63. The van der Waals surface area contributed by atoms with Crippen LogP contribution in [0.2, 0.25) is 0 Å². The number of piperidine rings is 1. The predicted molar refractivity (Wildman–Crippen MR) is 104 cm³/mol. The SMILES string of the molecule is O=C(Cc1ccccn1)N1CCCC(c2nccnc2-c2cccc(F)c2)C1. The summed E-state index contributed by atoms with van der Waals surface area (Å²) in [4.78, 5) is 27.9. The number of likely N-dealkylation sites (tertiary alicyclic amines) is 1. The van der Waals surface area contributed by atoms with Crippen molar-refractivity contribution in [2.24, 2.45) is 0 Å². The Kier molecular flexibility index (Phi) is 5.37. The average molecular weight is 376 g/mol. The highest BCUT2D eigenvalue weighted by Crippen LogP contribution is 2.32. The van der Waals surface area contributed by atoms with E-state index in [-0.39, 0.29) is 17.6 Å². The molecule has 5 nitrogen and oxygen atoms in total. The Labute approximate surface area is 163 Å². The minimum atomic E-state index is -0.301. The molecule has 0 aliphatic carbocycles. The van der Waals surface area contributed by atoms with Crippen molar-refractivity contribution in [2.45, 2.75) is 25.2 Å². The summed E-state index contributed by atoms with van der Waals surface area (Å²) in [6.45, 7) is 1.32. The zero-order valence-electron chi connectivity index (χ0n) is 15.5. The topological polar surface area (TPSA) is 59.0 Å². The number of carbonyl (C=O) groups is 1. The number of benzene rings is 1. The van der Waals surface area contributed by atoms with Crippen LogP contribution in [0.5, 0.6) is 0 Å². The van der Waals surface area contributed by atoms with Gasteiger partial charge in [0.2, 0.25) is 5.91 Å². The quantitative estimate of drug-likeness (QED) is 0.698. The van der Waals surface area contributed by atoms with Crippen molar-refractivity contribution in [3.63, 3.8) is 0 Å². The largest absolute Gasteiger partial charge is 0.342 e. The molecule has 2 aromatic heterocycles. The molecule has 28 heavy (non-hydrogen) atoms. The van der Waals surface area contributed by atoms with Crippen LogP contribution in [0.3, 0.4) is 0 Å². The number of amides is 1. The van der Waals surface area contributed by atoms with Crippen LogP contribution in [-0.2, 0) is 11.2 Å². The second-order valence-electron chi connectivity index (χ2n) is 6.98. The van der Waals surface area contributed by atoms with Gasteiger partial charge < -0.3 is 4.90 Å². The molecule has 1 aliphatic heterocycles. The van der Waals surface area contributed by atoms with Gasteiger partial charge in [0.25, 0.3) is 0 Å². The van der Waals surface area contributed by atoms with Gasteiger partial charge in [-0.1, -0.05) is 18.2 Å². The number of hydrogen-bond acceptors (Lipinski definition) is 4. The third-order valence-corrected chi connectivity index (χ3v) is 5.04. The van der Waals surface area contributed by atoms with Crippen molar-refractivity contribution in [2.75, 3.05) is 13.1 Å². The van der Waals surface area contributed by atoms with Crippen LogP contribution in [0.15, 0.2) is 61.1 Å². The molecule has 1 atom stereocenters. The van der Waals surface area contributed by atoms with Gasteiger partial charge in [0.05, 0.1) is 17.8 Å². The lowest BCUT2D eigenvalue weighted by molar-refractivity contribution is -0.131. The molecule has 6 heteroatoms. The lowest BCUT2D eigenvalue weighted by Gasteiger charge is -2.33. The lowest BCUT2D eigenvalue weighted by atomic mass is 9.91. The van der Waals surface area contributed by atoms with Gasteiger partial charge in [0, 0.05) is 48.9 Å². The normalized spacial score (nSPS) is 16.8. The molecule has 0 saturated carbocycles. The average Bonchev–Trinajstić information content (AvgIpc) is 2.74. The summed E-state index contributed by atoms with van der Waals surface area (Å²) in [6.07, 6.45) is 7.10. The first-order valence-corrected chi connectivity index (χ1v) is 9.45. The fourth-order valence-corrected chi connectivity index (χ4v) is 3.70. The van der Waals surface area contributed by atoms with E-state index in [1.807, 2.05) is 29.2 Å². The monoisotopic (exact) mass is 376 g/mol. The highest BCUT2D eigenvalue weighted by Gasteiger charge is 2.28. The van der Waals surface area contributed by atoms with Crippen LogP contribution in [0.1, 0.15) is 30.1 Å². The summed E-state index contributed by atoms with van der Waals surface area (Å²) in [6, 6.07) is 12.0. The standard InChI is InChI=1S/C22H21FN4O/c23-18-7-3-5-16(13-18)21-22(26-11-10-25-21)17-6-4-12-27(15-17)20(28)14-19-8-1-2-9-24-19/h1-3,5,7-11,13,17H,4,6,12,14-15H2. The first-order valence-electron chi connectivity index (χ1n) is 9.45. The molecule has 1 amide bonds. The van der Waals surface area contributed by atoms with E-state index in [1.54, 1.807) is 24.7 Å². The van der Waals surface area contributed by atoms with Crippen LogP contribution in [0, 0.1) is 5.82 Å². The van der Waals surface area contributed by atoms with Gasteiger partial charge in [0.1, 0.15) is 5.82 Å². The molecule has 0 radical (unpaired) electrons. The van der Waals surface area contributed by atoms with Crippen molar-refractivity contribution < 1.29 is 9.18 Å². The molecule has 1 aliphatic rings. The van der Waals surface area contributed by atoms with Gasteiger partial charge in [0.15, 0.2) is 0 Å². The number of rotatable bonds is 4. The first kappa shape index (κ1) is 18.2. The van der Waals surface area contributed by atoms with Crippen molar-refractivity contribution in [3.05, 3.63) is 78.3 Å². The molecule has 142 valence electrons. The molecule has 4 rings (SSSR count). The van der Waals surface area contributed by atoms with Crippen LogP contribution in [-0.4, -0.2) is 38.8 Å². The fraction of sp³-hybridized carbons (Fsp3) is 0.273. The summed E-state index contributed by atoms with van der Waals surface area (Å²) in [7, 11) is 0. The molecule has 1 fully saturated rings. The maximum absolute atomic E-state index is 13.7. The molecule has 1 saturated heterocycles. The van der Waals surface area contributed by atoms with Crippen molar-refractivity contribution in [1.82, 2.24) is 19.9 Å². The number of carbonyl (C=O) groups excluding carboxylic acids is 1. The van der Waals surface area contributed by atoms with Gasteiger partial charge in [-0.05, 0) is 37.1 Å². The Morgan fingerprint density at radius 1 is 1.07 bits per heavy atom. The van der Waals surface area contributed by atoms with E-state index < -0.39 is 0 Å². The smallest absolute Gasteiger partial charge is 0.228 e. The van der Waals surface area contributed by atoms with Crippen molar-refractivity contribution in [1.29, 1.82) is 0 Å². The van der Waals surface area contributed by atoms with E-state index >= 15 is 0 Å². The Balaban J connectivity index is 1.55. The second-order valence-corrected chi connectivity index (χ2v) is 6.98. The van der Waals surface area contributed by atoms with Crippen molar-refractivity contribution >= 4 is 5.91 Å². The van der Waals surface area contributed by atoms with E-state index in [0.29, 0.717) is 24.2 Å². The molecule has 0 spiro atoms.